The Kier molecular flexibility index (Phi) is 3.77. The lowest BCUT2D eigenvalue weighted by molar-refractivity contribution is 1.10. The van der Waals surface area contributed by atoms with Crippen molar-refractivity contribution in [1.82, 2.24) is 9.97 Å². The normalized spacial score (nSPS) is 11.0. The van der Waals surface area contributed by atoms with Crippen molar-refractivity contribution in [3.63, 3.8) is 0 Å². The Balaban J connectivity index is 2.29. The molecule has 2 aromatic rings. The Labute approximate surface area is 110 Å². The fourth-order valence-corrected chi connectivity index (χ4v) is 1.76. The molecule has 2 nitrogen and oxygen atoms in total. The largest absolute Gasteiger partial charge is 0.261 e. The smallest absolute Gasteiger partial charge is 0.0816 e. The zero-order valence-corrected chi connectivity index (χ0v) is 10.7. The molecule has 0 unspecified atom stereocenters. The molecule has 0 saturated carbocycles. The Bertz CT molecular complexity index is 565. The van der Waals surface area contributed by atoms with Crippen LogP contribution in [-0.4, -0.2) is 9.97 Å². The summed E-state index contributed by atoms with van der Waals surface area (Å²) in [5, 5.41) is 1.09. The second kappa shape index (κ2) is 5.30. The van der Waals surface area contributed by atoms with Crippen LogP contribution in [0.15, 0.2) is 30.6 Å². The van der Waals surface area contributed by atoms with Crippen LogP contribution in [0.1, 0.15) is 17.0 Å². The molecule has 0 aliphatic carbocycles. The van der Waals surface area contributed by atoms with Gasteiger partial charge >= 0.3 is 0 Å². The summed E-state index contributed by atoms with van der Waals surface area (Å²) in [5.41, 5.74) is 2.54. The van der Waals surface area contributed by atoms with Gasteiger partial charge in [-0.25, -0.2) is 0 Å². The first kappa shape index (κ1) is 12.1. The molecule has 0 radical (unpaired) electrons. The first-order valence-electron chi connectivity index (χ1n) is 5.07. The molecular weight excluding hydrogens is 255 g/mol. The summed E-state index contributed by atoms with van der Waals surface area (Å²) in [6.45, 7) is 1.90. The lowest BCUT2D eigenvalue weighted by Crippen LogP contribution is -1.86. The van der Waals surface area contributed by atoms with Gasteiger partial charge in [-0.1, -0.05) is 41.4 Å². The molecule has 1 aromatic carbocycles. The molecule has 0 amide bonds. The minimum Gasteiger partial charge on any atom is -0.261 e. The maximum absolute atomic E-state index is 6.07. The van der Waals surface area contributed by atoms with Crippen molar-refractivity contribution >= 4 is 35.4 Å². The van der Waals surface area contributed by atoms with Crippen LogP contribution in [0.25, 0.3) is 12.2 Å². The Hall–Kier alpha value is -1.38. The van der Waals surface area contributed by atoms with Gasteiger partial charge in [0, 0.05) is 6.20 Å². The van der Waals surface area contributed by atoms with Crippen LogP contribution >= 0.6 is 23.2 Å². The van der Waals surface area contributed by atoms with Gasteiger partial charge in [-0.3, -0.25) is 9.97 Å². The lowest BCUT2D eigenvalue weighted by atomic mass is 10.2. The SMILES string of the molecule is Cc1cncc(C=Cc2cccc(Cl)c2Cl)n1. The third kappa shape index (κ3) is 3.05. The third-order valence-corrected chi connectivity index (χ3v) is 3.02. The number of aryl methyl sites for hydroxylation is 1. The molecule has 1 heterocycles. The number of halogens is 2. The molecule has 0 N–H and O–H groups in total. The molecule has 0 bridgehead atoms. The van der Waals surface area contributed by atoms with E-state index in [1.54, 1.807) is 18.5 Å². The predicted molar refractivity (Wildman–Crippen MR) is 72.2 cm³/mol. The fraction of sp³-hybridized carbons (Fsp3) is 0.0769. The molecule has 4 heteroatoms. The molecule has 2 rings (SSSR count). The van der Waals surface area contributed by atoms with Crippen molar-refractivity contribution in [1.29, 1.82) is 0 Å². The van der Waals surface area contributed by atoms with Crippen LogP contribution in [0.3, 0.4) is 0 Å². The highest BCUT2D eigenvalue weighted by Gasteiger charge is 2.00. The van der Waals surface area contributed by atoms with Crippen LogP contribution < -0.4 is 0 Å². The molecule has 17 heavy (non-hydrogen) atoms. The molecule has 1 aromatic heterocycles. The molecule has 0 spiro atoms. The van der Waals surface area contributed by atoms with E-state index >= 15 is 0 Å². The molecule has 0 aliphatic rings. The maximum Gasteiger partial charge on any atom is 0.0816 e. The van der Waals surface area contributed by atoms with Crippen LogP contribution in [0.2, 0.25) is 10.0 Å². The molecule has 0 fully saturated rings. The predicted octanol–water partition coefficient (Wildman–Crippen LogP) is 4.26. The average Bonchev–Trinajstić information content (AvgIpc) is 2.31. The van der Waals surface area contributed by atoms with Crippen molar-refractivity contribution in [2.24, 2.45) is 0 Å². The van der Waals surface area contributed by atoms with E-state index < -0.39 is 0 Å². The van der Waals surface area contributed by atoms with E-state index in [2.05, 4.69) is 9.97 Å². The van der Waals surface area contributed by atoms with Gasteiger partial charge < -0.3 is 0 Å². The minimum absolute atomic E-state index is 0.546. The van der Waals surface area contributed by atoms with Crippen molar-refractivity contribution < 1.29 is 0 Å². The van der Waals surface area contributed by atoms with Crippen molar-refractivity contribution in [2.45, 2.75) is 6.92 Å². The second-order valence-corrected chi connectivity index (χ2v) is 4.35. The quantitative estimate of drug-likeness (QED) is 0.810. The van der Waals surface area contributed by atoms with E-state index in [1.807, 2.05) is 31.2 Å². The summed E-state index contributed by atoms with van der Waals surface area (Å²) < 4.78 is 0. The summed E-state index contributed by atoms with van der Waals surface area (Å²) in [7, 11) is 0. The van der Waals surface area contributed by atoms with E-state index in [0.717, 1.165) is 17.0 Å². The number of aromatic nitrogens is 2. The Morgan fingerprint density at radius 2 is 1.94 bits per heavy atom. The van der Waals surface area contributed by atoms with E-state index in [-0.39, 0.29) is 0 Å². The topological polar surface area (TPSA) is 25.8 Å². The highest BCUT2D eigenvalue weighted by atomic mass is 35.5. The average molecular weight is 265 g/mol. The monoisotopic (exact) mass is 264 g/mol. The minimum atomic E-state index is 0.546. The number of hydrogen-bond acceptors (Lipinski definition) is 2. The molecule has 0 atom stereocenters. The number of nitrogens with zero attached hydrogens (tertiary/aromatic N) is 2. The van der Waals surface area contributed by atoms with Gasteiger partial charge in [0.05, 0.1) is 27.6 Å². The van der Waals surface area contributed by atoms with Gasteiger partial charge in [-0.2, -0.15) is 0 Å². The summed E-state index contributed by atoms with van der Waals surface area (Å²) in [5.74, 6) is 0. The van der Waals surface area contributed by atoms with Crippen LogP contribution in [0.5, 0.6) is 0 Å². The molecular formula is C13H10Cl2N2. The van der Waals surface area contributed by atoms with E-state index in [0.29, 0.717) is 10.0 Å². The first-order chi connectivity index (χ1) is 8.16. The van der Waals surface area contributed by atoms with Gasteiger partial charge in [0.25, 0.3) is 0 Å². The van der Waals surface area contributed by atoms with Gasteiger partial charge in [-0.15, -0.1) is 0 Å². The van der Waals surface area contributed by atoms with Crippen molar-refractivity contribution in [2.75, 3.05) is 0 Å². The fourth-order valence-electron chi connectivity index (χ4n) is 1.39. The van der Waals surface area contributed by atoms with Crippen LogP contribution in [0, 0.1) is 6.92 Å². The zero-order valence-electron chi connectivity index (χ0n) is 9.19. The highest BCUT2D eigenvalue weighted by Crippen LogP contribution is 2.26. The number of rotatable bonds is 2. The van der Waals surface area contributed by atoms with Gasteiger partial charge in [0.2, 0.25) is 0 Å². The molecule has 0 saturated heterocycles. The van der Waals surface area contributed by atoms with E-state index in [4.69, 9.17) is 23.2 Å². The van der Waals surface area contributed by atoms with E-state index in [9.17, 15) is 0 Å². The van der Waals surface area contributed by atoms with Crippen molar-refractivity contribution in [3.8, 4) is 0 Å². The second-order valence-electron chi connectivity index (χ2n) is 3.56. The zero-order chi connectivity index (χ0) is 12.3. The Morgan fingerprint density at radius 1 is 1.12 bits per heavy atom. The maximum atomic E-state index is 6.07. The molecule has 86 valence electrons. The summed E-state index contributed by atoms with van der Waals surface area (Å²) in [6.07, 6.45) is 7.14. The van der Waals surface area contributed by atoms with Gasteiger partial charge in [0.1, 0.15) is 0 Å². The third-order valence-electron chi connectivity index (χ3n) is 2.19. The summed E-state index contributed by atoms with van der Waals surface area (Å²) in [4.78, 5) is 8.38. The van der Waals surface area contributed by atoms with Crippen LogP contribution in [0.4, 0.5) is 0 Å². The Morgan fingerprint density at radius 3 is 2.71 bits per heavy atom. The first-order valence-corrected chi connectivity index (χ1v) is 5.83. The van der Waals surface area contributed by atoms with E-state index in [1.165, 1.54) is 0 Å². The summed E-state index contributed by atoms with van der Waals surface area (Å²) >= 11 is 12.0. The summed E-state index contributed by atoms with van der Waals surface area (Å²) in [6, 6.07) is 5.51. The van der Waals surface area contributed by atoms with Crippen molar-refractivity contribution in [3.05, 3.63) is 57.6 Å². The van der Waals surface area contributed by atoms with Gasteiger partial charge in [0.15, 0.2) is 0 Å². The standard InChI is InChI=1S/C13H10Cl2N2/c1-9-7-16-8-11(17-9)6-5-10-3-2-4-12(14)13(10)15/h2-8H,1H3. The highest BCUT2D eigenvalue weighted by molar-refractivity contribution is 6.42. The number of hydrogen-bond donors (Lipinski definition) is 0. The van der Waals surface area contributed by atoms with Gasteiger partial charge in [-0.05, 0) is 24.6 Å². The lowest BCUT2D eigenvalue weighted by Gasteiger charge is -2.00. The van der Waals surface area contributed by atoms with Crippen LogP contribution in [-0.2, 0) is 0 Å². The number of benzene rings is 1. The molecule has 0 aliphatic heterocycles.